The van der Waals surface area contributed by atoms with Crippen LogP contribution in [0.1, 0.15) is 18.9 Å². The number of aryl methyl sites for hydroxylation is 3. The van der Waals surface area contributed by atoms with Gasteiger partial charge in [-0.1, -0.05) is 36.2 Å². The van der Waals surface area contributed by atoms with Crippen LogP contribution in [-0.2, 0) is 13.6 Å². The fourth-order valence-electron chi connectivity index (χ4n) is 3.74. The fourth-order valence-corrected chi connectivity index (χ4v) is 3.92. The predicted octanol–water partition coefficient (Wildman–Crippen LogP) is 4.02. The molecule has 0 N–H and O–H groups in total. The highest BCUT2D eigenvalue weighted by atomic mass is 35.5. The quantitative estimate of drug-likeness (QED) is 0.538. The smallest absolute Gasteiger partial charge is 0.336 e. The van der Waals surface area contributed by atoms with E-state index in [-0.39, 0.29) is 11.2 Å². The second kappa shape index (κ2) is 6.43. The highest BCUT2D eigenvalue weighted by molar-refractivity contribution is 6.30. The molecule has 2 heterocycles. The number of rotatable bonds is 3. The van der Waals surface area contributed by atoms with Gasteiger partial charge in [0.25, 0.3) is 5.56 Å². The van der Waals surface area contributed by atoms with Crippen molar-refractivity contribution in [3.63, 3.8) is 0 Å². The first kappa shape index (κ1) is 17.6. The number of benzene rings is 2. The first-order chi connectivity index (χ1) is 12.9. The summed E-state index contributed by atoms with van der Waals surface area (Å²) in [5, 5.41) is 1.40. The number of fused-ring (bicyclic) bond motifs is 3. The van der Waals surface area contributed by atoms with Crippen LogP contribution in [0.3, 0.4) is 0 Å². The van der Waals surface area contributed by atoms with Crippen molar-refractivity contribution >= 4 is 33.5 Å². The van der Waals surface area contributed by atoms with Gasteiger partial charge in [-0.2, -0.15) is 0 Å². The van der Waals surface area contributed by atoms with Gasteiger partial charge >= 0.3 is 5.69 Å². The average molecular weight is 382 g/mol. The summed E-state index contributed by atoms with van der Waals surface area (Å²) in [5.41, 5.74) is 3.04. The number of hydrogen-bond donors (Lipinski definition) is 0. The average Bonchev–Trinajstić information content (AvgIpc) is 2.91. The van der Waals surface area contributed by atoms with Crippen LogP contribution in [0.15, 0.2) is 52.1 Å². The van der Waals surface area contributed by atoms with Crippen molar-refractivity contribution in [3.05, 3.63) is 73.9 Å². The topological polar surface area (TPSA) is 48.9 Å². The van der Waals surface area contributed by atoms with E-state index < -0.39 is 0 Å². The largest absolute Gasteiger partial charge is 0.338 e. The van der Waals surface area contributed by atoms with Crippen LogP contribution in [0, 0.1) is 6.92 Å². The van der Waals surface area contributed by atoms with Gasteiger partial charge in [0.1, 0.15) is 5.52 Å². The Kier molecular flexibility index (Phi) is 4.19. The molecule has 0 aliphatic heterocycles. The van der Waals surface area contributed by atoms with E-state index in [4.69, 9.17) is 11.6 Å². The molecule has 6 heteroatoms. The summed E-state index contributed by atoms with van der Waals surface area (Å²) in [4.78, 5) is 26.7. The number of nitrogens with zero attached hydrogens (tertiary/aromatic N) is 3. The highest BCUT2D eigenvalue weighted by Crippen LogP contribution is 2.27. The van der Waals surface area contributed by atoms with E-state index in [2.05, 4.69) is 0 Å². The van der Waals surface area contributed by atoms with Crippen molar-refractivity contribution in [2.24, 2.45) is 7.05 Å². The zero-order valence-corrected chi connectivity index (χ0v) is 16.2. The van der Waals surface area contributed by atoms with E-state index in [0.29, 0.717) is 28.3 Å². The highest BCUT2D eigenvalue weighted by Gasteiger charge is 2.20. The molecule has 0 saturated carbocycles. The molecule has 4 aromatic rings. The molecule has 0 radical (unpaired) electrons. The monoisotopic (exact) mass is 381 g/mol. The van der Waals surface area contributed by atoms with Gasteiger partial charge in [0.05, 0.1) is 16.7 Å². The molecule has 138 valence electrons. The number of halogens is 1. The molecule has 5 nitrogen and oxygen atoms in total. The molecule has 0 atom stereocenters. The standard InChI is InChI=1S/C21H20ClN3O2/c1-4-10-24-18-16-11-13(2)8-9-17(16)23(3)19(18)20(26)25(21(24)27)15-7-5-6-14(22)12-15/h5-9,11-12H,4,10H2,1-3H3. The molecule has 0 aliphatic carbocycles. The molecule has 0 unspecified atom stereocenters. The zero-order valence-electron chi connectivity index (χ0n) is 15.5. The first-order valence-electron chi connectivity index (χ1n) is 8.94. The van der Waals surface area contributed by atoms with E-state index in [9.17, 15) is 9.59 Å². The SMILES string of the molecule is CCCn1c(=O)n(-c2cccc(Cl)c2)c(=O)c2c1c1cc(C)ccc1n2C. The Morgan fingerprint density at radius 1 is 1.04 bits per heavy atom. The van der Waals surface area contributed by atoms with Crippen LogP contribution in [0.2, 0.25) is 5.02 Å². The van der Waals surface area contributed by atoms with Crippen LogP contribution in [0.4, 0.5) is 0 Å². The van der Waals surface area contributed by atoms with Gasteiger partial charge in [-0.25, -0.2) is 9.36 Å². The van der Waals surface area contributed by atoms with Crippen LogP contribution in [0.25, 0.3) is 27.6 Å². The van der Waals surface area contributed by atoms with Gasteiger partial charge in [-0.05, 0) is 43.7 Å². The van der Waals surface area contributed by atoms with Crippen molar-refractivity contribution in [3.8, 4) is 5.69 Å². The van der Waals surface area contributed by atoms with Gasteiger partial charge in [0.15, 0.2) is 0 Å². The third-order valence-electron chi connectivity index (χ3n) is 4.94. The molecule has 0 fully saturated rings. The van der Waals surface area contributed by atoms with E-state index in [0.717, 1.165) is 22.9 Å². The van der Waals surface area contributed by atoms with Gasteiger partial charge in [0.2, 0.25) is 0 Å². The minimum Gasteiger partial charge on any atom is -0.338 e. The summed E-state index contributed by atoms with van der Waals surface area (Å²) in [6, 6.07) is 12.9. The molecular formula is C21H20ClN3O2. The summed E-state index contributed by atoms with van der Waals surface area (Å²) in [6.45, 7) is 4.56. The molecule has 2 aromatic heterocycles. The van der Waals surface area contributed by atoms with Gasteiger partial charge < -0.3 is 4.57 Å². The van der Waals surface area contributed by atoms with Crippen LogP contribution >= 0.6 is 11.6 Å². The van der Waals surface area contributed by atoms with Crippen molar-refractivity contribution in [2.45, 2.75) is 26.8 Å². The lowest BCUT2D eigenvalue weighted by Crippen LogP contribution is -2.39. The normalized spacial score (nSPS) is 11.6. The summed E-state index contributed by atoms with van der Waals surface area (Å²) >= 11 is 6.10. The maximum absolute atomic E-state index is 13.4. The lowest BCUT2D eigenvalue weighted by molar-refractivity contribution is 0.636. The second-order valence-corrected chi connectivity index (χ2v) is 7.27. The molecule has 0 bridgehead atoms. The zero-order chi connectivity index (χ0) is 19.3. The lowest BCUT2D eigenvalue weighted by atomic mass is 10.1. The number of aromatic nitrogens is 3. The maximum Gasteiger partial charge on any atom is 0.336 e. The Bertz CT molecular complexity index is 1310. The predicted molar refractivity (Wildman–Crippen MR) is 110 cm³/mol. The van der Waals surface area contributed by atoms with Crippen molar-refractivity contribution in [2.75, 3.05) is 0 Å². The third-order valence-corrected chi connectivity index (χ3v) is 5.17. The molecule has 4 rings (SSSR count). The third kappa shape index (κ3) is 2.61. The Labute approximate surface area is 161 Å². The Balaban J connectivity index is 2.27. The molecule has 0 spiro atoms. The molecular weight excluding hydrogens is 362 g/mol. The van der Waals surface area contributed by atoms with Crippen LogP contribution in [0.5, 0.6) is 0 Å². The van der Waals surface area contributed by atoms with E-state index >= 15 is 0 Å². The number of hydrogen-bond acceptors (Lipinski definition) is 2. The minimum atomic E-state index is -0.342. The Morgan fingerprint density at radius 3 is 2.52 bits per heavy atom. The second-order valence-electron chi connectivity index (χ2n) is 6.83. The summed E-state index contributed by atoms with van der Waals surface area (Å²) in [5.74, 6) is 0. The summed E-state index contributed by atoms with van der Waals surface area (Å²) < 4.78 is 4.80. The summed E-state index contributed by atoms with van der Waals surface area (Å²) in [7, 11) is 1.87. The van der Waals surface area contributed by atoms with E-state index in [1.165, 1.54) is 4.57 Å². The van der Waals surface area contributed by atoms with Crippen molar-refractivity contribution < 1.29 is 0 Å². The van der Waals surface area contributed by atoms with E-state index in [1.54, 1.807) is 28.8 Å². The summed E-state index contributed by atoms with van der Waals surface area (Å²) in [6.07, 6.45) is 0.783. The lowest BCUT2D eigenvalue weighted by Gasteiger charge is -2.12. The Morgan fingerprint density at radius 2 is 1.81 bits per heavy atom. The van der Waals surface area contributed by atoms with Crippen molar-refractivity contribution in [1.29, 1.82) is 0 Å². The van der Waals surface area contributed by atoms with Gasteiger partial charge in [-0.15, -0.1) is 0 Å². The van der Waals surface area contributed by atoms with Gasteiger partial charge in [-0.3, -0.25) is 9.36 Å². The Hall–Kier alpha value is -2.79. The van der Waals surface area contributed by atoms with Crippen LogP contribution < -0.4 is 11.2 Å². The minimum absolute atomic E-state index is 0.332. The van der Waals surface area contributed by atoms with Crippen LogP contribution in [-0.4, -0.2) is 13.7 Å². The molecule has 0 amide bonds. The fraction of sp³-hybridized carbons (Fsp3) is 0.238. The molecule has 2 aromatic carbocycles. The van der Waals surface area contributed by atoms with E-state index in [1.807, 2.05) is 43.7 Å². The van der Waals surface area contributed by atoms with Gasteiger partial charge in [0, 0.05) is 24.0 Å². The maximum atomic E-state index is 13.4. The molecule has 0 aliphatic rings. The molecule has 27 heavy (non-hydrogen) atoms. The first-order valence-corrected chi connectivity index (χ1v) is 9.32. The molecule has 0 saturated heterocycles. The van der Waals surface area contributed by atoms with Crippen molar-refractivity contribution in [1.82, 2.24) is 13.7 Å².